The predicted octanol–water partition coefficient (Wildman–Crippen LogP) is 2.23. The lowest BCUT2D eigenvalue weighted by atomic mass is 9.93. The third kappa shape index (κ3) is 2.96. The summed E-state index contributed by atoms with van der Waals surface area (Å²) in [7, 11) is 0. The molecule has 2 N–H and O–H groups in total. The van der Waals surface area contributed by atoms with E-state index in [0.29, 0.717) is 11.5 Å². The van der Waals surface area contributed by atoms with Gasteiger partial charge in [-0.1, -0.05) is 11.6 Å². The number of carbonyl (C=O) groups excluding carboxylic acids is 1. The fraction of sp³-hybridized carbons (Fsp3) is 0.588. The van der Waals surface area contributed by atoms with E-state index >= 15 is 0 Å². The summed E-state index contributed by atoms with van der Waals surface area (Å²) in [6.45, 7) is 2.50. The summed E-state index contributed by atoms with van der Waals surface area (Å²) >= 11 is 0. The summed E-state index contributed by atoms with van der Waals surface area (Å²) in [5, 5.41) is 14.7. The van der Waals surface area contributed by atoms with Crippen LogP contribution in [0.2, 0.25) is 0 Å². The maximum atomic E-state index is 12.9. The number of H-pyrrole nitrogens is 1. The molecular weight excluding hydrogens is 306 g/mol. The third-order valence-electron chi connectivity index (χ3n) is 5.22. The number of aromatic nitrogens is 3. The van der Waals surface area contributed by atoms with Crippen molar-refractivity contribution in [3.63, 3.8) is 0 Å². The van der Waals surface area contributed by atoms with E-state index in [1.165, 1.54) is 12.8 Å². The van der Waals surface area contributed by atoms with Crippen molar-refractivity contribution < 1.29 is 9.32 Å². The highest BCUT2D eigenvalue weighted by Gasteiger charge is 2.29. The molecule has 0 spiro atoms. The molecule has 128 valence electrons. The van der Waals surface area contributed by atoms with Gasteiger partial charge in [-0.3, -0.25) is 9.89 Å². The first-order chi connectivity index (χ1) is 11.8. The number of nitrogens with zero attached hydrogens (tertiary/aromatic N) is 3. The van der Waals surface area contributed by atoms with Gasteiger partial charge in [-0.25, -0.2) is 0 Å². The molecular formula is C17H23N5O2. The number of aromatic amines is 1. The molecule has 4 heterocycles. The molecule has 0 aliphatic carbocycles. The van der Waals surface area contributed by atoms with Gasteiger partial charge >= 0.3 is 0 Å². The number of amides is 1. The average molecular weight is 329 g/mol. The molecule has 1 unspecified atom stereocenters. The summed E-state index contributed by atoms with van der Waals surface area (Å²) in [6.07, 6.45) is 8.58. The standard InChI is InChI=1S/C17H23N5O2/c23-17(13-11-19-20-16(13)15-3-1-2-7-18-15)22-8-4-12(5-9-22)14-6-10-24-21-14/h6,10-12,15,18H,1-5,7-9H2,(H,19,20). The largest absolute Gasteiger partial charge is 0.365 e. The van der Waals surface area contributed by atoms with Crippen molar-refractivity contribution in [3.05, 3.63) is 35.5 Å². The third-order valence-corrected chi connectivity index (χ3v) is 5.22. The van der Waals surface area contributed by atoms with E-state index in [2.05, 4.69) is 20.7 Å². The van der Waals surface area contributed by atoms with Gasteiger partial charge in [0, 0.05) is 31.1 Å². The Labute approximate surface area is 140 Å². The van der Waals surface area contributed by atoms with Gasteiger partial charge < -0.3 is 14.7 Å². The van der Waals surface area contributed by atoms with Crippen LogP contribution >= 0.6 is 0 Å². The van der Waals surface area contributed by atoms with Crippen molar-refractivity contribution in [1.82, 2.24) is 25.6 Å². The fourth-order valence-corrected chi connectivity index (χ4v) is 3.81. The van der Waals surface area contributed by atoms with Crippen LogP contribution in [0.1, 0.15) is 65.8 Å². The highest BCUT2D eigenvalue weighted by atomic mass is 16.5. The highest BCUT2D eigenvalue weighted by molar-refractivity contribution is 5.95. The molecule has 0 bridgehead atoms. The SMILES string of the molecule is O=C(c1cn[nH]c1C1CCCCN1)N1CCC(c2ccon2)CC1. The van der Waals surface area contributed by atoms with E-state index in [9.17, 15) is 4.79 Å². The fourth-order valence-electron chi connectivity index (χ4n) is 3.81. The van der Waals surface area contributed by atoms with E-state index < -0.39 is 0 Å². The quantitative estimate of drug-likeness (QED) is 0.902. The molecule has 0 saturated carbocycles. The van der Waals surface area contributed by atoms with Gasteiger partial charge in [0.15, 0.2) is 0 Å². The van der Waals surface area contributed by atoms with Crippen molar-refractivity contribution in [2.75, 3.05) is 19.6 Å². The minimum absolute atomic E-state index is 0.0877. The van der Waals surface area contributed by atoms with Crippen molar-refractivity contribution in [2.24, 2.45) is 0 Å². The summed E-state index contributed by atoms with van der Waals surface area (Å²) in [4.78, 5) is 14.9. The van der Waals surface area contributed by atoms with E-state index in [0.717, 1.165) is 50.3 Å². The molecule has 1 atom stereocenters. The van der Waals surface area contributed by atoms with E-state index in [1.807, 2.05) is 11.0 Å². The van der Waals surface area contributed by atoms with Crippen LogP contribution in [0.3, 0.4) is 0 Å². The van der Waals surface area contributed by atoms with Crippen LogP contribution in [0.5, 0.6) is 0 Å². The van der Waals surface area contributed by atoms with Crippen LogP contribution in [-0.4, -0.2) is 45.8 Å². The van der Waals surface area contributed by atoms with Crippen LogP contribution in [0.25, 0.3) is 0 Å². The zero-order valence-corrected chi connectivity index (χ0v) is 13.7. The molecule has 2 saturated heterocycles. The first-order valence-corrected chi connectivity index (χ1v) is 8.79. The Morgan fingerprint density at radius 3 is 2.83 bits per heavy atom. The number of nitrogens with one attached hydrogen (secondary N) is 2. The number of likely N-dealkylation sites (tertiary alicyclic amines) is 1. The molecule has 24 heavy (non-hydrogen) atoms. The number of hydrogen-bond acceptors (Lipinski definition) is 5. The molecule has 2 fully saturated rings. The molecule has 2 aromatic rings. The van der Waals surface area contributed by atoms with Crippen molar-refractivity contribution in [2.45, 2.75) is 44.1 Å². The lowest BCUT2D eigenvalue weighted by Crippen LogP contribution is -2.39. The lowest BCUT2D eigenvalue weighted by molar-refractivity contribution is 0.0709. The molecule has 2 aliphatic heterocycles. The second kappa shape index (κ2) is 6.76. The number of piperidine rings is 2. The van der Waals surface area contributed by atoms with Crippen molar-refractivity contribution in [1.29, 1.82) is 0 Å². The first-order valence-electron chi connectivity index (χ1n) is 8.79. The zero-order valence-electron chi connectivity index (χ0n) is 13.7. The van der Waals surface area contributed by atoms with Gasteiger partial charge in [0.1, 0.15) is 6.26 Å². The van der Waals surface area contributed by atoms with Crippen LogP contribution in [0, 0.1) is 0 Å². The zero-order chi connectivity index (χ0) is 16.4. The molecule has 7 heteroatoms. The minimum atomic E-state index is 0.0877. The van der Waals surface area contributed by atoms with Crippen molar-refractivity contribution >= 4 is 5.91 Å². The van der Waals surface area contributed by atoms with Gasteiger partial charge in [-0.2, -0.15) is 5.10 Å². The van der Waals surface area contributed by atoms with Gasteiger partial charge in [0.25, 0.3) is 5.91 Å². The van der Waals surface area contributed by atoms with Gasteiger partial charge in [-0.15, -0.1) is 0 Å². The van der Waals surface area contributed by atoms with Gasteiger partial charge in [0.05, 0.1) is 23.1 Å². The summed E-state index contributed by atoms with van der Waals surface area (Å²) in [5.74, 6) is 0.473. The molecule has 7 nitrogen and oxygen atoms in total. The molecule has 0 aromatic carbocycles. The highest BCUT2D eigenvalue weighted by Crippen LogP contribution is 2.29. The maximum Gasteiger partial charge on any atom is 0.257 e. The summed E-state index contributed by atoms with van der Waals surface area (Å²) in [5.41, 5.74) is 2.66. The molecule has 2 aliphatic rings. The minimum Gasteiger partial charge on any atom is -0.365 e. The topological polar surface area (TPSA) is 87.0 Å². The Hall–Kier alpha value is -2.15. The van der Waals surface area contributed by atoms with E-state index in [1.54, 1.807) is 12.5 Å². The second-order valence-corrected chi connectivity index (χ2v) is 6.69. The van der Waals surface area contributed by atoms with E-state index in [-0.39, 0.29) is 11.9 Å². The monoisotopic (exact) mass is 329 g/mol. The second-order valence-electron chi connectivity index (χ2n) is 6.69. The van der Waals surface area contributed by atoms with Crippen LogP contribution < -0.4 is 5.32 Å². The molecule has 4 rings (SSSR count). The Morgan fingerprint density at radius 2 is 2.12 bits per heavy atom. The Balaban J connectivity index is 1.43. The van der Waals surface area contributed by atoms with Gasteiger partial charge in [-0.05, 0) is 32.2 Å². The lowest BCUT2D eigenvalue weighted by Gasteiger charge is -2.31. The van der Waals surface area contributed by atoms with Crippen LogP contribution in [0.15, 0.2) is 23.0 Å². The Kier molecular flexibility index (Phi) is 4.34. The Bertz CT molecular complexity index is 667. The molecule has 2 aromatic heterocycles. The van der Waals surface area contributed by atoms with Gasteiger partial charge in [0.2, 0.25) is 0 Å². The van der Waals surface area contributed by atoms with Crippen molar-refractivity contribution in [3.8, 4) is 0 Å². The summed E-state index contributed by atoms with van der Waals surface area (Å²) < 4.78 is 4.93. The first kappa shape index (κ1) is 15.4. The molecule has 1 amide bonds. The number of rotatable bonds is 3. The molecule has 0 radical (unpaired) electrons. The number of carbonyl (C=O) groups is 1. The maximum absolute atomic E-state index is 12.9. The normalized spacial score (nSPS) is 22.7. The average Bonchev–Trinajstić information content (AvgIpc) is 3.34. The van der Waals surface area contributed by atoms with Crippen LogP contribution in [-0.2, 0) is 0 Å². The summed E-state index contributed by atoms with van der Waals surface area (Å²) in [6, 6.07) is 2.14. The predicted molar refractivity (Wildman–Crippen MR) is 87.6 cm³/mol. The van der Waals surface area contributed by atoms with E-state index in [4.69, 9.17) is 4.52 Å². The van der Waals surface area contributed by atoms with Crippen LogP contribution in [0.4, 0.5) is 0 Å². The Morgan fingerprint density at radius 1 is 1.25 bits per heavy atom. The number of hydrogen-bond donors (Lipinski definition) is 2. The smallest absolute Gasteiger partial charge is 0.257 e.